The summed E-state index contributed by atoms with van der Waals surface area (Å²) in [7, 11) is 0. The van der Waals surface area contributed by atoms with Crippen LogP contribution in [0.4, 0.5) is 5.69 Å². The lowest BCUT2D eigenvalue weighted by Gasteiger charge is -2.05. The summed E-state index contributed by atoms with van der Waals surface area (Å²) < 4.78 is 5.73. The van der Waals surface area contributed by atoms with Crippen LogP contribution in [0, 0.1) is 0 Å². The number of halogens is 1. The van der Waals surface area contributed by atoms with Crippen LogP contribution in [-0.2, 0) is 0 Å². The number of nitrogen functional groups attached to an aromatic ring is 1. The Morgan fingerprint density at radius 1 is 1.05 bits per heavy atom. The number of nitrogens with two attached hydrogens (primary N) is 1. The van der Waals surface area contributed by atoms with Gasteiger partial charge in [0.05, 0.1) is 10.4 Å². The Labute approximate surface area is 114 Å². The molecule has 19 heavy (non-hydrogen) atoms. The molecule has 0 unspecified atom stereocenters. The molecule has 0 aliphatic rings. The summed E-state index contributed by atoms with van der Waals surface area (Å²) in [6.07, 6.45) is 0. The van der Waals surface area contributed by atoms with E-state index in [0.29, 0.717) is 27.4 Å². The Morgan fingerprint density at radius 3 is 2.63 bits per heavy atom. The maximum absolute atomic E-state index is 12.1. The second kappa shape index (κ2) is 4.44. The molecule has 1 aromatic heterocycles. The number of para-hydroxylation sites is 1. The number of hydrogen-bond donors (Lipinski definition) is 1. The van der Waals surface area contributed by atoms with E-state index in [1.807, 2.05) is 12.1 Å². The minimum Gasteiger partial charge on any atom is -0.454 e. The van der Waals surface area contributed by atoms with Crippen LogP contribution in [-0.4, -0.2) is 0 Å². The minimum absolute atomic E-state index is 0.124. The van der Waals surface area contributed by atoms with Gasteiger partial charge in [-0.1, -0.05) is 29.8 Å². The first kappa shape index (κ1) is 11.8. The van der Waals surface area contributed by atoms with Gasteiger partial charge in [-0.2, -0.15) is 0 Å². The first-order valence-electron chi connectivity index (χ1n) is 5.73. The molecule has 2 aromatic carbocycles. The zero-order chi connectivity index (χ0) is 13.4. The van der Waals surface area contributed by atoms with Crippen LogP contribution in [0.1, 0.15) is 0 Å². The molecule has 0 aliphatic carbocycles. The summed E-state index contributed by atoms with van der Waals surface area (Å²) in [6, 6.07) is 13.7. The van der Waals surface area contributed by atoms with E-state index >= 15 is 0 Å². The van der Waals surface area contributed by atoms with Crippen LogP contribution in [0.25, 0.3) is 22.3 Å². The van der Waals surface area contributed by atoms with Gasteiger partial charge in [0.15, 0.2) is 11.0 Å². The molecule has 1 heterocycles. The molecular formula is C15H10ClNO2. The van der Waals surface area contributed by atoms with Crippen LogP contribution in [0.5, 0.6) is 0 Å². The lowest BCUT2D eigenvalue weighted by molar-refractivity contribution is 0.619. The fourth-order valence-electron chi connectivity index (χ4n) is 1.98. The highest BCUT2D eigenvalue weighted by atomic mass is 35.5. The van der Waals surface area contributed by atoms with Gasteiger partial charge in [-0.15, -0.1) is 0 Å². The highest BCUT2D eigenvalue weighted by Crippen LogP contribution is 2.27. The molecule has 0 saturated heterocycles. The Kier molecular flexibility index (Phi) is 2.76. The minimum atomic E-state index is -0.124. The number of anilines is 1. The van der Waals surface area contributed by atoms with Crippen molar-refractivity contribution in [2.45, 2.75) is 0 Å². The molecule has 3 nitrogen and oxygen atoms in total. The fraction of sp³-hybridized carbons (Fsp3) is 0. The van der Waals surface area contributed by atoms with Crippen molar-refractivity contribution in [1.82, 2.24) is 0 Å². The summed E-state index contributed by atoms with van der Waals surface area (Å²) in [5.74, 6) is 0.456. The van der Waals surface area contributed by atoms with E-state index in [9.17, 15) is 4.79 Å². The molecule has 94 valence electrons. The second-order valence-electron chi connectivity index (χ2n) is 4.22. The summed E-state index contributed by atoms with van der Waals surface area (Å²) in [5, 5.41) is 0.889. The first-order chi connectivity index (χ1) is 9.15. The van der Waals surface area contributed by atoms with E-state index in [4.69, 9.17) is 21.8 Å². The van der Waals surface area contributed by atoms with Crippen molar-refractivity contribution in [2.24, 2.45) is 0 Å². The third kappa shape index (κ3) is 2.09. The van der Waals surface area contributed by atoms with Gasteiger partial charge < -0.3 is 10.2 Å². The molecule has 0 bridgehead atoms. The Hall–Kier alpha value is -2.26. The third-order valence-electron chi connectivity index (χ3n) is 2.88. The van der Waals surface area contributed by atoms with Gasteiger partial charge in [-0.3, -0.25) is 4.79 Å². The average molecular weight is 272 g/mol. The Morgan fingerprint density at radius 2 is 1.84 bits per heavy atom. The van der Waals surface area contributed by atoms with E-state index in [-0.39, 0.29) is 5.43 Å². The van der Waals surface area contributed by atoms with Gasteiger partial charge in [0.25, 0.3) is 0 Å². The van der Waals surface area contributed by atoms with Crippen molar-refractivity contribution in [3.05, 3.63) is 63.8 Å². The number of benzene rings is 2. The maximum Gasteiger partial charge on any atom is 0.193 e. The topological polar surface area (TPSA) is 56.2 Å². The molecule has 0 amide bonds. The molecular weight excluding hydrogens is 262 g/mol. The number of fused-ring (bicyclic) bond motifs is 1. The summed E-state index contributed by atoms with van der Waals surface area (Å²) in [5.41, 5.74) is 7.36. The van der Waals surface area contributed by atoms with Gasteiger partial charge in [0.2, 0.25) is 0 Å². The van der Waals surface area contributed by atoms with Crippen LogP contribution in [0.3, 0.4) is 0 Å². The molecule has 0 saturated carbocycles. The van der Waals surface area contributed by atoms with E-state index in [2.05, 4.69) is 0 Å². The van der Waals surface area contributed by atoms with Crippen LogP contribution >= 0.6 is 11.6 Å². The number of hydrogen-bond acceptors (Lipinski definition) is 3. The zero-order valence-electron chi connectivity index (χ0n) is 9.89. The zero-order valence-corrected chi connectivity index (χ0v) is 10.6. The summed E-state index contributed by atoms with van der Waals surface area (Å²) >= 11 is 6.06. The number of rotatable bonds is 1. The normalized spacial score (nSPS) is 10.8. The molecule has 0 atom stereocenters. The lowest BCUT2D eigenvalue weighted by Crippen LogP contribution is -2.00. The molecule has 0 aliphatic heterocycles. The standard InChI is InChI=1S/C15H10ClNO2/c16-12-6-2-5-11-13(18)8-14(19-15(11)12)9-3-1-4-10(17)7-9/h1-8H,17H2. The van der Waals surface area contributed by atoms with E-state index in [0.717, 1.165) is 5.56 Å². The largest absolute Gasteiger partial charge is 0.454 e. The Balaban J connectivity index is 2.32. The highest BCUT2D eigenvalue weighted by molar-refractivity contribution is 6.34. The Bertz CT molecular complexity index is 824. The van der Waals surface area contributed by atoms with Gasteiger partial charge >= 0.3 is 0 Å². The van der Waals surface area contributed by atoms with Crippen LogP contribution < -0.4 is 11.2 Å². The van der Waals surface area contributed by atoms with E-state index < -0.39 is 0 Å². The third-order valence-corrected chi connectivity index (χ3v) is 3.18. The van der Waals surface area contributed by atoms with Crippen molar-refractivity contribution in [2.75, 3.05) is 5.73 Å². The molecule has 0 fully saturated rings. The van der Waals surface area contributed by atoms with Crippen LogP contribution in [0.2, 0.25) is 5.02 Å². The summed E-state index contributed by atoms with van der Waals surface area (Å²) in [6.45, 7) is 0. The molecule has 4 heteroatoms. The fourth-order valence-corrected chi connectivity index (χ4v) is 2.19. The average Bonchev–Trinajstić information content (AvgIpc) is 2.40. The smallest absolute Gasteiger partial charge is 0.193 e. The second-order valence-corrected chi connectivity index (χ2v) is 4.62. The van der Waals surface area contributed by atoms with Gasteiger partial charge in [0.1, 0.15) is 5.76 Å². The predicted octanol–water partition coefficient (Wildman–Crippen LogP) is 3.70. The van der Waals surface area contributed by atoms with E-state index in [1.54, 1.807) is 30.3 Å². The first-order valence-corrected chi connectivity index (χ1v) is 6.11. The SMILES string of the molecule is Nc1cccc(-c2cc(=O)c3cccc(Cl)c3o2)c1. The van der Waals surface area contributed by atoms with Crippen molar-refractivity contribution >= 4 is 28.3 Å². The lowest BCUT2D eigenvalue weighted by atomic mass is 10.1. The van der Waals surface area contributed by atoms with Crippen LogP contribution in [0.15, 0.2) is 57.7 Å². The quantitative estimate of drug-likeness (QED) is 0.687. The maximum atomic E-state index is 12.1. The van der Waals surface area contributed by atoms with Crippen molar-refractivity contribution in [1.29, 1.82) is 0 Å². The molecule has 0 radical (unpaired) electrons. The molecule has 2 N–H and O–H groups in total. The molecule has 3 rings (SSSR count). The molecule has 0 spiro atoms. The summed E-state index contributed by atoms with van der Waals surface area (Å²) in [4.78, 5) is 12.1. The van der Waals surface area contributed by atoms with Gasteiger partial charge in [-0.05, 0) is 24.3 Å². The highest BCUT2D eigenvalue weighted by Gasteiger charge is 2.09. The van der Waals surface area contributed by atoms with Crippen molar-refractivity contribution in [3.8, 4) is 11.3 Å². The molecule has 3 aromatic rings. The van der Waals surface area contributed by atoms with Gasteiger partial charge in [-0.25, -0.2) is 0 Å². The predicted molar refractivity (Wildman–Crippen MR) is 77.3 cm³/mol. The van der Waals surface area contributed by atoms with Crippen molar-refractivity contribution < 1.29 is 4.42 Å². The van der Waals surface area contributed by atoms with Gasteiger partial charge in [0, 0.05) is 17.3 Å². The van der Waals surface area contributed by atoms with E-state index in [1.165, 1.54) is 6.07 Å². The monoisotopic (exact) mass is 271 g/mol. The van der Waals surface area contributed by atoms with Crippen molar-refractivity contribution in [3.63, 3.8) is 0 Å².